The Hall–Kier alpha value is -3.61. The second-order valence-corrected chi connectivity index (χ2v) is 9.48. The van der Waals surface area contributed by atoms with E-state index in [1.807, 2.05) is 30.3 Å². The van der Waals surface area contributed by atoms with Gasteiger partial charge in [0, 0.05) is 22.7 Å². The zero-order valence-corrected chi connectivity index (χ0v) is 19.4. The zero-order chi connectivity index (χ0) is 23.5. The van der Waals surface area contributed by atoms with Gasteiger partial charge in [-0.3, -0.25) is 4.90 Å². The summed E-state index contributed by atoms with van der Waals surface area (Å²) in [5.41, 5.74) is 3.19. The number of likely N-dealkylation sites (tertiary alicyclic amines) is 1. The number of thiophene rings is 1. The Morgan fingerprint density at radius 3 is 2.56 bits per heavy atom. The van der Waals surface area contributed by atoms with Gasteiger partial charge in [-0.25, -0.2) is 4.79 Å². The number of carboxylic acids is 1. The van der Waals surface area contributed by atoms with Gasteiger partial charge in [-0.15, -0.1) is 11.3 Å². The molecule has 1 aromatic heterocycles. The second-order valence-electron chi connectivity index (χ2n) is 8.42. The summed E-state index contributed by atoms with van der Waals surface area (Å²) in [6.07, 6.45) is 5.16. The van der Waals surface area contributed by atoms with Crippen LogP contribution < -0.4 is 4.74 Å². The number of nitrogens with zero attached hydrogens (tertiary/aromatic N) is 1. The maximum atomic E-state index is 10.8. The molecule has 2 heterocycles. The Morgan fingerprint density at radius 2 is 1.79 bits per heavy atom. The van der Waals surface area contributed by atoms with Crippen molar-refractivity contribution in [1.82, 2.24) is 4.90 Å². The first-order chi connectivity index (χ1) is 16.6. The molecule has 0 unspecified atom stereocenters. The lowest BCUT2D eigenvalue weighted by molar-refractivity contribution is -0.131. The SMILES string of the molecule is O=C(O)/C=C/c1ccc(Oc2c(-c3ccccc3CN3CCCC3)sc3cc(O)ccc23)cc1. The molecule has 0 bridgehead atoms. The van der Waals surface area contributed by atoms with E-state index in [1.165, 1.54) is 18.4 Å². The number of fused-ring (bicyclic) bond motifs is 1. The summed E-state index contributed by atoms with van der Waals surface area (Å²) in [6.45, 7) is 3.15. The van der Waals surface area contributed by atoms with E-state index in [0.717, 1.165) is 57.5 Å². The summed E-state index contributed by atoms with van der Waals surface area (Å²) in [7, 11) is 0. The summed E-state index contributed by atoms with van der Waals surface area (Å²) < 4.78 is 7.40. The summed E-state index contributed by atoms with van der Waals surface area (Å²) in [5.74, 6) is 0.679. The number of benzene rings is 3. The van der Waals surface area contributed by atoms with Gasteiger partial charge in [-0.05, 0) is 79.0 Å². The molecule has 3 aromatic carbocycles. The van der Waals surface area contributed by atoms with Crippen molar-refractivity contribution in [1.29, 1.82) is 0 Å². The minimum Gasteiger partial charge on any atom is -0.508 e. The molecule has 0 radical (unpaired) electrons. The van der Waals surface area contributed by atoms with Gasteiger partial charge in [0.1, 0.15) is 11.5 Å². The molecule has 0 aliphatic carbocycles. The van der Waals surface area contributed by atoms with E-state index >= 15 is 0 Å². The number of aliphatic carboxylic acids is 1. The van der Waals surface area contributed by atoms with E-state index in [1.54, 1.807) is 29.5 Å². The normalized spacial score (nSPS) is 14.2. The number of phenolic OH excluding ortho intramolecular Hbond substituents is 1. The Kier molecular flexibility index (Phi) is 6.34. The van der Waals surface area contributed by atoms with E-state index in [0.29, 0.717) is 5.75 Å². The molecule has 1 aliphatic rings. The first-order valence-corrected chi connectivity index (χ1v) is 12.1. The number of ether oxygens (including phenoxy) is 1. The van der Waals surface area contributed by atoms with Crippen molar-refractivity contribution in [2.45, 2.75) is 19.4 Å². The molecule has 1 saturated heterocycles. The van der Waals surface area contributed by atoms with Crippen LogP contribution in [0.3, 0.4) is 0 Å². The van der Waals surface area contributed by atoms with Gasteiger partial charge in [-0.2, -0.15) is 0 Å². The van der Waals surface area contributed by atoms with Crippen molar-refractivity contribution >= 4 is 33.5 Å². The average Bonchev–Trinajstić information content (AvgIpc) is 3.47. The van der Waals surface area contributed by atoms with Crippen molar-refractivity contribution in [2.24, 2.45) is 0 Å². The number of hydrogen-bond acceptors (Lipinski definition) is 5. The molecule has 5 rings (SSSR count). The molecule has 172 valence electrons. The quantitative estimate of drug-likeness (QED) is 0.291. The summed E-state index contributed by atoms with van der Waals surface area (Å²) in [4.78, 5) is 14.3. The lowest BCUT2D eigenvalue weighted by Crippen LogP contribution is -2.18. The molecule has 1 fully saturated rings. The highest BCUT2D eigenvalue weighted by Crippen LogP contribution is 2.48. The molecular formula is C28H25NO4S. The fourth-order valence-corrected chi connectivity index (χ4v) is 5.56. The van der Waals surface area contributed by atoms with E-state index < -0.39 is 5.97 Å². The lowest BCUT2D eigenvalue weighted by Gasteiger charge is -2.18. The Bertz CT molecular complexity index is 1350. The predicted molar refractivity (Wildman–Crippen MR) is 137 cm³/mol. The van der Waals surface area contributed by atoms with Gasteiger partial charge in [-0.1, -0.05) is 36.4 Å². The van der Waals surface area contributed by atoms with Crippen LogP contribution in [0.1, 0.15) is 24.0 Å². The van der Waals surface area contributed by atoms with Crippen LogP contribution in [0.2, 0.25) is 0 Å². The molecular weight excluding hydrogens is 446 g/mol. The maximum Gasteiger partial charge on any atom is 0.328 e. The minimum atomic E-state index is -0.981. The summed E-state index contributed by atoms with van der Waals surface area (Å²) in [6, 6.07) is 21.2. The van der Waals surface area contributed by atoms with Crippen molar-refractivity contribution < 1.29 is 19.7 Å². The van der Waals surface area contributed by atoms with Gasteiger partial charge in [0.05, 0.1) is 4.88 Å². The Labute approximate surface area is 202 Å². The molecule has 0 amide bonds. The predicted octanol–water partition coefficient (Wildman–Crippen LogP) is 6.76. The molecule has 4 aromatic rings. The highest BCUT2D eigenvalue weighted by molar-refractivity contribution is 7.22. The monoisotopic (exact) mass is 471 g/mol. The highest BCUT2D eigenvalue weighted by atomic mass is 32.1. The zero-order valence-electron chi connectivity index (χ0n) is 18.6. The number of phenols is 1. The fraction of sp³-hybridized carbons (Fsp3) is 0.179. The van der Waals surface area contributed by atoms with Crippen molar-refractivity contribution in [3.05, 3.63) is 83.9 Å². The summed E-state index contributed by atoms with van der Waals surface area (Å²) >= 11 is 1.62. The Morgan fingerprint density at radius 1 is 1.03 bits per heavy atom. The van der Waals surface area contributed by atoms with Crippen molar-refractivity contribution in [3.8, 4) is 27.7 Å². The minimum absolute atomic E-state index is 0.228. The molecule has 6 heteroatoms. The van der Waals surface area contributed by atoms with Gasteiger partial charge in [0.15, 0.2) is 5.75 Å². The van der Waals surface area contributed by atoms with Crippen LogP contribution in [0.5, 0.6) is 17.2 Å². The first kappa shape index (κ1) is 22.2. The second kappa shape index (κ2) is 9.71. The third-order valence-electron chi connectivity index (χ3n) is 6.00. The van der Waals surface area contributed by atoms with Crippen LogP contribution in [0, 0.1) is 0 Å². The number of rotatable bonds is 7. The van der Waals surface area contributed by atoms with Gasteiger partial charge < -0.3 is 14.9 Å². The maximum absolute atomic E-state index is 10.8. The smallest absolute Gasteiger partial charge is 0.328 e. The Balaban J connectivity index is 1.54. The standard InChI is InChI=1S/C28H25NO4S/c30-21-10-13-24-25(17-21)34-28(23-6-2-1-5-20(23)18-29-15-3-4-16-29)27(24)33-22-11-7-19(8-12-22)9-14-26(31)32/h1-2,5-14,17,30H,3-4,15-16,18H2,(H,31,32)/b14-9+. The molecule has 0 spiro atoms. The number of carboxylic acid groups (broad SMARTS) is 1. The molecule has 0 saturated carbocycles. The van der Waals surface area contributed by atoms with Crippen LogP contribution >= 0.6 is 11.3 Å². The van der Waals surface area contributed by atoms with Crippen LogP contribution in [0.15, 0.2) is 72.8 Å². The van der Waals surface area contributed by atoms with Gasteiger partial charge in [0.2, 0.25) is 0 Å². The van der Waals surface area contributed by atoms with E-state index in [4.69, 9.17) is 9.84 Å². The third-order valence-corrected chi connectivity index (χ3v) is 7.17. The number of carbonyl (C=O) groups is 1. The fourth-order valence-electron chi connectivity index (χ4n) is 4.33. The molecule has 1 aliphatic heterocycles. The number of hydrogen-bond donors (Lipinski definition) is 2. The molecule has 0 atom stereocenters. The van der Waals surface area contributed by atoms with Crippen molar-refractivity contribution in [2.75, 3.05) is 13.1 Å². The van der Waals surface area contributed by atoms with Crippen LogP contribution in [-0.2, 0) is 11.3 Å². The van der Waals surface area contributed by atoms with Crippen molar-refractivity contribution in [3.63, 3.8) is 0 Å². The molecule has 2 N–H and O–H groups in total. The van der Waals surface area contributed by atoms with Gasteiger partial charge >= 0.3 is 5.97 Å². The third kappa shape index (κ3) is 4.83. The average molecular weight is 472 g/mol. The lowest BCUT2D eigenvalue weighted by atomic mass is 10.0. The summed E-state index contributed by atoms with van der Waals surface area (Å²) in [5, 5.41) is 19.9. The van der Waals surface area contributed by atoms with Crippen LogP contribution in [0.25, 0.3) is 26.6 Å². The molecule has 34 heavy (non-hydrogen) atoms. The van der Waals surface area contributed by atoms with E-state index in [9.17, 15) is 9.90 Å². The van der Waals surface area contributed by atoms with E-state index in [2.05, 4.69) is 29.2 Å². The largest absolute Gasteiger partial charge is 0.508 e. The topological polar surface area (TPSA) is 70.0 Å². The van der Waals surface area contributed by atoms with Crippen LogP contribution in [-0.4, -0.2) is 34.2 Å². The van der Waals surface area contributed by atoms with Gasteiger partial charge in [0.25, 0.3) is 0 Å². The highest BCUT2D eigenvalue weighted by Gasteiger charge is 2.21. The van der Waals surface area contributed by atoms with E-state index in [-0.39, 0.29) is 5.75 Å². The number of aromatic hydroxyl groups is 1. The van der Waals surface area contributed by atoms with Crippen LogP contribution in [0.4, 0.5) is 0 Å². The first-order valence-electron chi connectivity index (χ1n) is 11.3. The molecule has 5 nitrogen and oxygen atoms in total.